The minimum absolute atomic E-state index is 0.330. The molecule has 0 atom stereocenters. The van der Waals surface area contributed by atoms with Crippen molar-refractivity contribution in [2.24, 2.45) is 0 Å². The molecule has 0 amide bonds. The summed E-state index contributed by atoms with van der Waals surface area (Å²) in [5.41, 5.74) is 0.997. The number of para-hydroxylation sites is 1. The van der Waals surface area contributed by atoms with Crippen LogP contribution >= 0.6 is 23.1 Å². The fraction of sp³-hybridized carbons (Fsp3) is 0.111. The molecule has 5 heteroatoms. The van der Waals surface area contributed by atoms with Gasteiger partial charge in [0.2, 0.25) is 0 Å². The molecule has 2 aromatic rings. The van der Waals surface area contributed by atoms with E-state index >= 15 is 0 Å². The van der Waals surface area contributed by atoms with Gasteiger partial charge in [-0.3, -0.25) is 0 Å². The van der Waals surface area contributed by atoms with E-state index in [1.807, 2.05) is 24.3 Å². The lowest BCUT2D eigenvalue weighted by Gasteiger charge is -1.90. The molecule has 0 aliphatic rings. The van der Waals surface area contributed by atoms with Crippen molar-refractivity contribution in [2.45, 2.75) is 4.34 Å². The lowest BCUT2D eigenvalue weighted by Crippen LogP contribution is -1.79. The number of ether oxygens (including phenoxy) is 1. The van der Waals surface area contributed by atoms with Crippen molar-refractivity contribution in [1.82, 2.24) is 4.98 Å². The van der Waals surface area contributed by atoms with Crippen LogP contribution in [0.15, 0.2) is 28.6 Å². The summed E-state index contributed by atoms with van der Waals surface area (Å²) in [5, 5.41) is 8.18. The Labute approximate surface area is 89.3 Å². The van der Waals surface area contributed by atoms with Gasteiger partial charge in [-0.15, -0.1) is 11.3 Å². The maximum atomic E-state index is 8.18. The molecule has 2 rings (SSSR count). The highest BCUT2D eigenvalue weighted by Gasteiger charge is 2.02. The number of thiazole rings is 1. The number of nitriles is 1. The Morgan fingerprint density at radius 3 is 3.14 bits per heavy atom. The Balaban J connectivity index is 2.15. The van der Waals surface area contributed by atoms with Crippen molar-refractivity contribution >= 4 is 33.3 Å². The Kier molecular flexibility index (Phi) is 2.87. The van der Waals surface area contributed by atoms with Crippen LogP contribution in [0.4, 0.5) is 0 Å². The van der Waals surface area contributed by atoms with Crippen molar-refractivity contribution in [3.63, 3.8) is 0 Å². The number of thioether (sulfide) groups is 1. The summed E-state index contributed by atoms with van der Waals surface area (Å²) < 4.78 is 6.66. The van der Waals surface area contributed by atoms with E-state index in [4.69, 9.17) is 5.26 Å². The predicted molar refractivity (Wildman–Crippen MR) is 57.0 cm³/mol. The lowest BCUT2D eigenvalue weighted by molar-refractivity contribution is 0.341. The maximum absolute atomic E-state index is 8.18. The third kappa shape index (κ3) is 1.97. The Morgan fingerprint density at radius 1 is 1.50 bits per heavy atom. The molecule has 1 heterocycles. The van der Waals surface area contributed by atoms with E-state index in [-0.39, 0.29) is 0 Å². The van der Waals surface area contributed by atoms with Crippen LogP contribution in [-0.2, 0) is 4.74 Å². The molecular formula is C9H6N2OS2. The van der Waals surface area contributed by atoms with Gasteiger partial charge >= 0.3 is 0 Å². The first-order valence-corrected chi connectivity index (χ1v) is 5.69. The Bertz CT molecular complexity index is 442. The van der Waals surface area contributed by atoms with E-state index < -0.39 is 0 Å². The second-order valence-corrected chi connectivity index (χ2v) is 4.65. The molecule has 1 aromatic carbocycles. The second kappa shape index (κ2) is 4.31. The standard InChI is InChI=1S/C9H6N2OS2/c10-5-12-6-13-9-11-7-3-1-2-4-8(7)14-9/h1-4H,6H2. The van der Waals surface area contributed by atoms with Crippen molar-refractivity contribution in [3.05, 3.63) is 24.3 Å². The predicted octanol–water partition coefficient (Wildman–Crippen LogP) is 2.84. The average molecular weight is 222 g/mol. The third-order valence-electron chi connectivity index (χ3n) is 1.58. The highest BCUT2D eigenvalue weighted by molar-refractivity contribution is 8.01. The maximum Gasteiger partial charge on any atom is 0.287 e. The van der Waals surface area contributed by atoms with Crippen LogP contribution in [0.3, 0.4) is 0 Å². The zero-order valence-electron chi connectivity index (χ0n) is 7.14. The lowest BCUT2D eigenvalue weighted by atomic mass is 10.3. The highest BCUT2D eigenvalue weighted by Crippen LogP contribution is 2.28. The van der Waals surface area contributed by atoms with Crippen LogP contribution in [0.2, 0.25) is 0 Å². The van der Waals surface area contributed by atoms with Gasteiger partial charge in [-0.25, -0.2) is 4.98 Å². The summed E-state index contributed by atoms with van der Waals surface area (Å²) in [6.45, 7) is 0. The number of hydrogen-bond donors (Lipinski definition) is 0. The largest absolute Gasteiger partial charge is 0.416 e. The number of aromatic nitrogens is 1. The molecule has 0 N–H and O–H groups in total. The molecule has 0 saturated carbocycles. The summed E-state index contributed by atoms with van der Waals surface area (Å²) in [5.74, 6) is 0.330. The first-order chi connectivity index (χ1) is 6.90. The number of fused-ring (bicyclic) bond motifs is 1. The van der Waals surface area contributed by atoms with E-state index in [9.17, 15) is 0 Å². The number of rotatable bonds is 3. The minimum atomic E-state index is 0.330. The van der Waals surface area contributed by atoms with Crippen LogP contribution < -0.4 is 0 Å². The number of hydrogen-bond acceptors (Lipinski definition) is 5. The van der Waals surface area contributed by atoms with Crippen molar-refractivity contribution in [3.8, 4) is 6.26 Å². The van der Waals surface area contributed by atoms with Crippen LogP contribution in [-0.4, -0.2) is 10.9 Å². The van der Waals surface area contributed by atoms with Crippen LogP contribution in [0.1, 0.15) is 0 Å². The molecule has 1 aromatic heterocycles. The molecule has 0 aliphatic carbocycles. The van der Waals surface area contributed by atoms with Crippen LogP contribution in [0.25, 0.3) is 10.2 Å². The molecule has 0 unspecified atom stereocenters. The fourth-order valence-corrected chi connectivity index (χ4v) is 2.74. The molecular weight excluding hydrogens is 216 g/mol. The first-order valence-electron chi connectivity index (χ1n) is 3.89. The van der Waals surface area contributed by atoms with Gasteiger partial charge in [-0.1, -0.05) is 23.9 Å². The fourth-order valence-electron chi connectivity index (χ4n) is 1.02. The van der Waals surface area contributed by atoms with E-state index in [2.05, 4.69) is 9.72 Å². The SMILES string of the molecule is N#COCSc1nc2ccccc2s1. The van der Waals surface area contributed by atoms with Gasteiger partial charge in [-0.05, 0) is 12.1 Å². The molecule has 3 nitrogen and oxygen atoms in total. The zero-order valence-corrected chi connectivity index (χ0v) is 8.77. The Hall–Kier alpha value is -1.25. The van der Waals surface area contributed by atoms with E-state index in [1.165, 1.54) is 11.8 Å². The minimum Gasteiger partial charge on any atom is -0.416 e. The van der Waals surface area contributed by atoms with Crippen molar-refractivity contribution < 1.29 is 4.74 Å². The van der Waals surface area contributed by atoms with E-state index in [1.54, 1.807) is 17.6 Å². The number of nitrogens with zero attached hydrogens (tertiary/aromatic N) is 2. The molecule has 0 fully saturated rings. The van der Waals surface area contributed by atoms with Gasteiger partial charge in [0.05, 0.1) is 10.2 Å². The van der Waals surface area contributed by atoms with Crippen molar-refractivity contribution in [2.75, 3.05) is 5.94 Å². The summed E-state index contributed by atoms with van der Waals surface area (Å²) >= 11 is 3.04. The number of benzene rings is 1. The van der Waals surface area contributed by atoms with E-state index in [0.29, 0.717) is 5.94 Å². The van der Waals surface area contributed by atoms with Crippen molar-refractivity contribution in [1.29, 1.82) is 5.26 Å². The van der Waals surface area contributed by atoms with Crippen LogP contribution in [0.5, 0.6) is 0 Å². The molecule has 14 heavy (non-hydrogen) atoms. The van der Waals surface area contributed by atoms with Gasteiger partial charge < -0.3 is 4.74 Å². The van der Waals surface area contributed by atoms with Gasteiger partial charge in [0.25, 0.3) is 6.26 Å². The normalized spacial score (nSPS) is 9.93. The Morgan fingerprint density at radius 2 is 2.36 bits per heavy atom. The molecule has 0 aliphatic heterocycles. The second-order valence-electron chi connectivity index (χ2n) is 2.45. The summed E-state index contributed by atoms with van der Waals surface area (Å²) in [4.78, 5) is 4.38. The highest BCUT2D eigenvalue weighted by atomic mass is 32.2. The van der Waals surface area contributed by atoms with Gasteiger partial charge in [0, 0.05) is 0 Å². The van der Waals surface area contributed by atoms with Gasteiger partial charge in [0.1, 0.15) is 0 Å². The summed E-state index contributed by atoms with van der Waals surface area (Å²) in [6, 6.07) is 7.95. The monoisotopic (exact) mass is 222 g/mol. The molecule has 0 radical (unpaired) electrons. The first kappa shape index (κ1) is 9.31. The van der Waals surface area contributed by atoms with Gasteiger partial charge in [-0.2, -0.15) is 5.26 Å². The molecule has 0 saturated heterocycles. The average Bonchev–Trinajstić information content (AvgIpc) is 2.60. The quantitative estimate of drug-likeness (QED) is 0.347. The smallest absolute Gasteiger partial charge is 0.287 e. The molecule has 0 bridgehead atoms. The topological polar surface area (TPSA) is 45.9 Å². The van der Waals surface area contributed by atoms with Crippen LogP contribution in [0, 0.1) is 11.5 Å². The molecule has 70 valence electrons. The molecule has 0 spiro atoms. The van der Waals surface area contributed by atoms with Gasteiger partial charge in [0.15, 0.2) is 10.3 Å². The third-order valence-corrected chi connectivity index (χ3v) is 3.59. The summed E-state index contributed by atoms with van der Waals surface area (Å²) in [6.07, 6.45) is 1.63. The van der Waals surface area contributed by atoms with E-state index in [0.717, 1.165) is 14.6 Å². The summed E-state index contributed by atoms with van der Waals surface area (Å²) in [7, 11) is 0. The zero-order chi connectivity index (χ0) is 9.80.